The second kappa shape index (κ2) is 11.2. The van der Waals surface area contributed by atoms with Crippen molar-refractivity contribution in [2.24, 2.45) is 0 Å². The van der Waals surface area contributed by atoms with Crippen molar-refractivity contribution in [3.05, 3.63) is 89.9 Å². The summed E-state index contributed by atoms with van der Waals surface area (Å²) in [5.41, 5.74) is 0.236. The zero-order valence-corrected chi connectivity index (χ0v) is 17.8. The second-order valence-corrected chi connectivity index (χ2v) is 7.35. The van der Waals surface area contributed by atoms with Gasteiger partial charge < -0.3 is 20.0 Å². The number of amides is 3. The Kier molecular flexibility index (Phi) is 8.12. The molecule has 0 atom stereocenters. The smallest absolute Gasteiger partial charge is 0.416 e. The third kappa shape index (κ3) is 7.71. The summed E-state index contributed by atoms with van der Waals surface area (Å²) in [7, 11) is 0. The monoisotopic (exact) mass is 459 g/mol. The highest BCUT2D eigenvalue weighted by Crippen LogP contribution is 2.30. The van der Waals surface area contributed by atoms with Gasteiger partial charge in [0, 0.05) is 25.2 Å². The fourth-order valence-corrected chi connectivity index (χ4v) is 3.13. The van der Waals surface area contributed by atoms with Gasteiger partial charge in [0.2, 0.25) is 5.91 Å². The molecule has 0 unspecified atom stereocenters. The molecule has 33 heavy (non-hydrogen) atoms. The predicted octanol–water partition coefficient (Wildman–Crippen LogP) is 5.08. The number of carbonyl (C=O) groups excluding carboxylic acids is 2. The molecule has 9 heteroatoms. The number of nitrogens with one attached hydrogen (secondary N) is 2. The number of rotatable bonds is 9. The molecule has 1 aromatic heterocycles. The highest BCUT2D eigenvalue weighted by Gasteiger charge is 2.30. The van der Waals surface area contributed by atoms with Gasteiger partial charge >= 0.3 is 12.2 Å². The number of carbonyl (C=O) groups is 2. The Balaban J connectivity index is 1.57. The Hall–Kier alpha value is -3.75. The summed E-state index contributed by atoms with van der Waals surface area (Å²) in [5.74, 6) is 0.251. The Morgan fingerprint density at radius 1 is 0.970 bits per heavy atom. The average Bonchev–Trinajstić information content (AvgIpc) is 3.30. The predicted molar refractivity (Wildman–Crippen MR) is 117 cm³/mol. The molecule has 3 aromatic rings. The van der Waals surface area contributed by atoms with Gasteiger partial charge in [0.15, 0.2) is 0 Å². The van der Waals surface area contributed by atoms with Gasteiger partial charge in [0.1, 0.15) is 5.76 Å². The van der Waals surface area contributed by atoms with E-state index in [1.54, 1.807) is 12.1 Å². The fraction of sp³-hybridized carbons (Fsp3) is 0.250. The minimum Gasteiger partial charge on any atom is -0.467 e. The summed E-state index contributed by atoms with van der Waals surface area (Å²) < 4.78 is 44.1. The van der Waals surface area contributed by atoms with Gasteiger partial charge in [-0.2, -0.15) is 13.2 Å². The lowest BCUT2D eigenvalue weighted by atomic mass is 10.1. The first-order chi connectivity index (χ1) is 15.8. The number of hydrogen-bond donors (Lipinski definition) is 2. The van der Waals surface area contributed by atoms with Crippen molar-refractivity contribution in [2.75, 3.05) is 18.4 Å². The highest BCUT2D eigenvalue weighted by molar-refractivity contribution is 5.89. The first-order valence-corrected chi connectivity index (χ1v) is 10.4. The van der Waals surface area contributed by atoms with Crippen molar-refractivity contribution in [1.82, 2.24) is 10.2 Å². The van der Waals surface area contributed by atoms with Crippen LogP contribution < -0.4 is 10.6 Å². The Labute approximate surface area is 189 Å². The number of alkyl halides is 3. The molecule has 3 amide bonds. The number of urea groups is 1. The Morgan fingerprint density at radius 3 is 2.45 bits per heavy atom. The minimum atomic E-state index is -4.52. The summed E-state index contributed by atoms with van der Waals surface area (Å²) >= 11 is 0. The van der Waals surface area contributed by atoms with Crippen LogP contribution in [0.5, 0.6) is 0 Å². The van der Waals surface area contributed by atoms with E-state index in [0.717, 1.165) is 17.7 Å². The van der Waals surface area contributed by atoms with Crippen molar-refractivity contribution in [2.45, 2.75) is 25.6 Å². The van der Waals surface area contributed by atoms with Gasteiger partial charge in [-0.3, -0.25) is 4.79 Å². The molecule has 0 aliphatic heterocycles. The molecule has 0 fully saturated rings. The van der Waals surface area contributed by atoms with Crippen LogP contribution in [0.25, 0.3) is 0 Å². The quantitative estimate of drug-likeness (QED) is 0.469. The molecule has 2 N–H and O–H groups in total. The van der Waals surface area contributed by atoms with E-state index < -0.39 is 17.8 Å². The number of benzene rings is 2. The first-order valence-electron chi connectivity index (χ1n) is 10.4. The third-order valence-electron chi connectivity index (χ3n) is 4.84. The number of anilines is 1. The number of halogens is 3. The standard InChI is InChI=1S/C24H24F3N3O3/c25-24(26,27)19-8-4-9-20(16-19)29-23(32)30(17-21-10-5-15-33-21)14-12-22(31)28-13-11-18-6-2-1-3-7-18/h1-10,15-16H,11-14,17H2,(H,28,31)(H,29,32). The number of furan rings is 1. The van der Waals surface area contributed by atoms with Crippen molar-refractivity contribution < 1.29 is 27.2 Å². The third-order valence-corrected chi connectivity index (χ3v) is 4.84. The SMILES string of the molecule is O=C(CCN(Cc1ccco1)C(=O)Nc1cccc(C(F)(F)F)c1)NCCc1ccccc1. The largest absolute Gasteiger partial charge is 0.467 e. The first kappa shape index (κ1) is 23.9. The zero-order chi connectivity index (χ0) is 23.7. The topological polar surface area (TPSA) is 74.6 Å². The normalized spacial score (nSPS) is 11.1. The lowest BCUT2D eigenvalue weighted by Crippen LogP contribution is -2.37. The summed E-state index contributed by atoms with van der Waals surface area (Å²) in [6.45, 7) is 0.579. The van der Waals surface area contributed by atoms with Gasteiger partial charge in [-0.25, -0.2) is 4.79 Å². The Morgan fingerprint density at radius 2 is 1.76 bits per heavy atom. The van der Waals surface area contributed by atoms with Gasteiger partial charge in [-0.05, 0) is 42.3 Å². The molecule has 0 radical (unpaired) electrons. The molecule has 0 aliphatic rings. The van der Waals surface area contributed by atoms with E-state index in [1.807, 2.05) is 30.3 Å². The van der Waals surface area contributed by atoms with Crippen molar-refractivity contribution in [3.8, 4) is 0 Å². The maximum atomic E-state index is 13.0. The highest BCUT2D eigenvalue weighted by atomic mass is 19.4. The van der Waals surface area contributed by atoms with Crippen LogP contribution in [0.3, 0.4) is 0 Å². The van der Waals surface area contributed by atoms with Crippen LogP contribution in [0.15, 0.2) is 77.4 Å². The molecule has 0 aliphatic carbocycles. The van der Waals surface area contributed by atoms with Gasteiger partial charge in [0.25, 0.3) is 0 Å². The van der Waals surface area contributed by atoms with E-state index in [1.165, 1.54) is 23.3 Å². The second-order valence-electron chi connectivity index (χ2n) is 7.35. The van der Waals surface area contributed by atoms with Crippen molar-refractivity contribution >= 4 is 17.6 Å². The van der Waals surface area contributed by atoms with Crippen LogP contribution >= 0.6 is 0 Å². The minimum absolute atomic E-state index is 0.00609. The van der Waals surface area contributed by atoms with E-state index in [-0.39, 0.29) is 31.1 Å². The van der Waals surface area contributed by atoms with Crippen LogP contribution in [0, 0.1) is 0 Å². The number of nitrogens with zero attached hydrogens (tertiary/aromatic N) is 1. The molecule has 0 spiro atoms. The van der Waals surface area contributed by atoms with Crippen molar-refractivity contribution in [1.29, 1.82) is 0 Å². The maximum Gasteiger partial charge on any atom is 0.416 e. The fourth-order valence-electron chi connectivity index (χ4n) is 3.13. The van der Waals surface area contributed by atoms with Crippen LogP contribution in [-0.2, 0) is 23.9 Å². The molecular weight excluding hydrogens is 435 g/mol. The van der Waals surface area contributed by atoms with E-state index in [4.69, 9.17) is 4.42 Å². The molecule has 174 valence electrons. The lowest BCUT2D eigenvalue weighted by Gasteiger charge is -2.22. The molecule has 0 saturated carbocycles. The van der Waals surface area contributed by atoms with Crippen LogP contribution in [-0.4, -0.2) is 29.9 Å². The average molecular weight is 459 g/mol. The molecule has 6 nitrogen and oxygen atoms in total. The van der Waals surface area contributed by atoms with Gasteiger partial charge in [0.05, 0.1) is 18.4 Å². The van der Waals surface area contributed by atoms with Crippen molar-refractivity contribution in [3.63, 3.8) is 0 Å². The number of hydrogen-bond acceptors (Lipinski definition) is 3. The van der Waals surface area contributed by atoms with E-state index in [9.17, 15) is 22.8 Å². The molecular formula is C24H24F3N3O3. The molecule has 2 aromatic carbocycles. The summed E-state index contributed by atoms with van der Waals surface area (Å²) in [4.78, 5) is 26.3. The molecule has 0 saturated heterocycles. The van der Waals surface area contributed by atoms with E-state index in [2.05, 4.69) is 10.6 Å². The van der Waals surface area contributed by atoms with Crippen LogP contribution in [0.1, 0.15) is 23.3 Å². The van der Waals surface area contributed by atoms with E-state index in [0.29, 0.717) is 18.7 Å². The lowest BCUT2D eigenvalue weighted by molar-refractivity contribution is -0.137. The van der Waals surface area contributed by atoms with E-state index >= 15 is 0 Å². The Bertz CT molecular complexity index is 1040. The van der Waals surface area contributed by atoms with Crippen LogP contribution in [0.2, 0.25) is 0 Å². The van der Waals surface area contributed by atoms with Crippen LogP contribution in [0.4, 0.5) is 23.7 Å². The van der Waals surface area contributed by atoms with Gasteiger partial charge in [-0.1, -0.05) is 36.4 Å². The van der Waals surface area contributed by atoms with Gasteiger partial charge in [-0.15, -0.1) is 0 Å². The molecule has 0 bridgehead atoms. The zero-order valence-electron chi connectivity index (χ0n) is 17.8. The summed E-state index contributed by atoms with van der Waals surface area (Å²) in [6.07, 6.45) is -2.36. The summed E-state index contributed by atoms with van der Waals surface area (Å²) in [5, 5.41) is 5.28. The molecule has 1 heterocycles. The maximum absolute atomic E-state index is 13.0. The molecule has 3 rings (SSSR count). The summed E-state index contributed by atoms with van der Waals surface area (Å²) in [6, 6.07) is 16.8.